The second-order valence-electron chi connectivity index (χ2n) is 4.40. The van der Waals surface area contributed by atoms with E-state index in [-0.39, 0.29) is 16.1 Å². The molecule has 7 heteroatoms. The predicted molar refractivity (Wildman–Crippen MR) is 82.4 cm³/mol. The maximum absolute atomic E-state index is 11.8. The summed E-state index contributed by atoms with van der Waals surface area (Å²) in [5, 5.41) is 11.6. The highest BCUT2D eigenvalue weighted by Crippen LogP contribution is 2.28. The van der Waals surface area contributed by atoms with Crippen molar-refractivity contribution in [2.45, 2.75) is 44.9 Å². The summed E-state index contributed by atoms with van der Waals surface area (Å²) in [7, 11) is 0. The maximum Gasteiger partial charge on any atom is 0.264 e. The molecule has 0 aliphatic carbocycles. The van der Waals surface area contributed by atoms with Gasteiger partial charge in [0.25, 0.3) is 5.91 Å². The largest absolute Gasteiger partial charge is 0.351 e. The van der Waals surface area contributed by atoms with E-state index in [1.54, 1.807) is 0 Å². The molecule has 1 aromatic rings. The number of nitrogens with one attached hydrogen (secondary N) is 1. The van der Waals surface area contributed by atoms with Crippen LogP contribution in [0.15, 0.2) is 0 Å². The molecule has 4 nitrogen and oxygen atoms in total. The third-order valence-electron chi connectivity index (χ3n) is 2.80. The molecule has 1 aromatic heterocycles. The van der Waals surface area contributed by atoms with Gasteiger partial charge in [-0.2, -0.15) is 9.64 Å². The van der Waals surface area contributed by atoms with Crippen molar-refractivity contribution < 1.29 is 4.79 Å². The predicted octanol–water partition coefficient (Wildman–Crippen LogP) is 4.43. The average Bonchev–Trinajstić information content (AvgIpc) is 2.77. The summed E-state index contributed by atoms with van der Waals surface area (Å²) in [6.45, 7) is 0.628. The van der Waals surface area contributed by atoms with Crippen molar-refractivity contribution >= 4 is 40.6 Å². The van der Waals surface area contributed by atoms with Crippen molar-refractivity contribution in [3.63, 3.8) is 0 Å². The number of nitriles is 1. The topological polar surface area (TPSA) is 65.8 Å². The Morgan fingerprint density at radius 1 is 1.20 bits per heavy atom. The van der Waals surface area contributed by atoms with Gasteiger partial charge in [-0.25, -0.2) is 0 Å². The second kappa shape index (κ2) is 9.98. The Labute approximate surface area is 133 Å². The van der Waals surface area contributed by atoms with Crippen LogP contribution in [0.25, 0.3) is 0 Å². The average molecular weight is 334 g/mol. The molecule has 0 spiro atoms. The van der Waals surface area contributed by atoms with Crippen molar-refractivity contribution in [2.75, 3.05) is 6.54 Å². The summed E-state index contributed by atoms with van der Waals surface area (Å²) in [6, 6.07) is 2.14. The van der Waals surface area contributed by atoms with Crippen LogP contribution in [0.3, 0.4) is 0 Å². The summed E-state index contributed by atoms with van der Waals surface area (Å²) >= 11 is 12.6. The van der Waals surface area contributed by atoms with Gasteiger partial charge in [-0.15, -0.1) is 0 Å². The first-order valence-electron chi connectivity index (χ1n) is 6.62. The molecule has 20 heavy (non-hydrogen) atoms. The van der Waals surface area contributed by atoms with E-state index in [9.17, 15) is 4.79 Å². The molecule has 0 aromatic carbocycles. The van der Waals surface area contributed by atoms with E-state index >= 15 is 0 Å². The lowest BCUT2D eigenvalue weighted by Gasteiger charge is -2.03. The number of halogens is 2. The van der Waals surface area contributed by atoms with Gasteiger partial charge in [0, 0.05) is 13.0 Å². The standard InChI is InChI=1S/C13H17Cl2N3OS/c14-10-11(20-18-12(10)15)13(19)17-9-7-5-3-1-2-4-6-8-16/h1-7,9H2,(H,17,19). The third kappa shape index (κ3) is 6.08. The molecule has 110 valence electrons. The summed E-state index contributed by atoms with van der Waals surface area (Å²) in [6.07, 6.45) is 7.03. The lowest BCUT2D eigenvalue weighted by molar-refractivity contribution is 0.0957. The van der Waals surface area contributed by atoms with E-state index in [2.05, 4.69) is 15.8 Å². The quantitative estimate of drug-likeness (QED) is 0.679. The maximum atomic E-state index is 11.8. The Balaban J connectivity index is 2.06. The molecular weight excluding hydrogens is 317 g/mol. The summed E-state index contributed by atoms with van der Waals surface area (Å²) in [5.74, 6) is -0.214. The molecule has 0 saturated heterocycles. The molecule has 0 bridgehead atoms. The zero-order valence-corrected chi connectivity index (χ0v) is 13.5. The Kier molecular flexibility index (Phi) is 8.59. The zero-order valence-electron chi connectivity index (χ0n) is 11.1. The van der Waals surface area contributed by atoms with Crippen LogP contribution < -0.4 is 5.32 Å². The van der Waals surface area contributed by atoms with Gasteiger partial charge in [0.1, 0.15) is 9.90 Å². The van der Waals surface area contributed by atoms with Crippen molar-refractivity contribution in [2.24, 2.45) is 0 Å². The Morgan fingerprint density at radius 2 is 1.85 bits per heavy atom. The molecule has 0 unspecified atom stereocenters. The van der Waals surface area contributed by atoms with E-state index in [1.165, 1.54) is 0 Å². The molecule has 0 aliphatic rings. The number of rotatable bonds is 9. The van der Waals surface area contributed by atoms with E-state index in [1.807, 2.05) is 0 Å². The minimum atomic E-state index is -0.214. The van der Waals surface area contributed by atoms with Crippen LogP contribution in [0.4, 0.5) is 0 Å². The minimum absolute atomic E-state index is 0.180. The molecule has 1 N–H and O–H groups in total. The van der Waals surface area contributed by atoms with Gasteiger partial charge in [-0.05, 0) is 24.4 Å². The van der Waals surface area contributed by atoms with E-state index < -0.39 is 0 Å². The number of hydrogen-bond acceptors (Lipinski definition) is 4. The van der Waals surface area contributed by atoms with Crippen LogP contribution in [-0.2, 0) is 0 Å². The first kappa shape index (κ1) is 17.2. The lowest BCUT2D eigenvalue weighted by Crippen LogP contribution is -2.23. The zero-order chi connectivity index (χ0) is 14.8. The van der Waals surface area contributed by atoms with Gasteiger partial charge in [-0.1, -0.05) is 48.9 Å². The number of carbonyl (C=O) groups is 1. The second-order valence-corrected chi connectivity index (χ2v) is 5.91. The third-order valence-corrected chi connectivity index (χ3v) is 4.60. The molecule has 1 heterocycles. The fourth-order valence-electron chi connectivity index (χ4n) is 1.72. The lowest BCUT2D eigenvalue weighted by atomic mass is 10.1. The van der Waals surface area contributed by atoms with E-state index in [0.717, 1.165) is 50.1 Å². The van der Waals surface area contributed by atoms with Crippen molar-refractivity contribution in [3.05, 3.63) is 15.1 Å². The van der Waals surface area contributed by atoms with Crippen LogP contribution >= 0.6 is 34.7 Å². The van der Waals surface area contributed by atoms with E-state index in [4.69, 9.17) is 28.5 Å². The number of unbranched alkanes of at least 4 members (excludes halogenated alkanes) is 6. The minimum Gasteiger partial charge on any atom is -0.351 e. The van der Waals surface area contributed by atoms with Gasteiger partial charge in [-0.3, -0.25) is 4.79 Å². The highest BCUT2D eigenvalue weighted by atomic mass is 35.5. The van der Waals surface area contributed by atoms with Gasteiger partial charge in [0.2, 0.25) is 0 Å². The Bertz CT molecular complexity index is 471. The van der Waals surface area contributed by atoms with Crippen LogP contribution in [-0.4, -0.2) is 16.8 Å². The van der Waals surface area contributed by atoms with Gasteiger partial charge >= 0.3 is 0 Å². The monoisotopic (exact) mass is 333 g/mol. The SMILES string of the molecule is N#CCCCCCCCCNC(=O)c1snc(Cl)c1Cl. The first-order valence-corrected chi connectivity index (χ1v) is 8.15. The molecule has 1 rings (SSSR count). The number of carbonyl (C=O) groups excluding carboxylic acids is 1. The van der Waals surface area contributed by atoms with Gasteiger partial charge in [0.15, 0.2) is 5.15 Å². The fourth-order valence-corrected chi connectivity index (χ4v) is 2.85. The van der Waals surface area contributed by atoms with Crippen LogP contribution in [0.5, 0.6) is 0 Å². The normalized spacial score (nSPS) is 10.2. The van der Waals surface area contributed by atoms with Gasteiger partial charge < -0.3 is 5.32 Å². The van der Waals surface area contributed by atoms with Crippen molar-refractivity contribution in [1.29, 1.82) is 5.26 Å². The first-order chi connectivity index (χ1) is 9.66. The van der Waals surface area contributed by atoms with Crippen molar-refractivity contribution in [1.82, 2.24) is 9.69 Å². The molecule has 0 atom stereocenters. The number of nitrogens with zero attached hydrogens (tertiary/aromatic N) is 2. The number of aromatic nitrogens is 1. The number of amides is 1. The fraction of sp³-hybridized carbons (Fsp3) is 0.615. The van der Waals surface area contributed by atoms with Crippen LogP contribution in [0.2, 0.25) is 10.2 Å². The molecular formula is C13H17Cl2N3OS. The highest BCUT2D eigenvalue weighted by molar-refractivity contribution is 7.09. The molecule has 0 radical (unpaired) electrons. The Morgan fingerprint density at radius 3 is 2.45 bits per heavy atom. The van der Waals surface area contributed by atoms with Crippen LogP contribution in [0.1, 0.15) is 54.6 Å². The molecule has 0 saturated carbocycles. The molecule has 1 amide bonds. The highest BCUT2D eigenvalue weighted by Gasteiger charge is 2.16. The van der Waals surface area contributed by atoms with Gasteiger partial charge in [0.05, 0.1) is 6.07 Å². The van der Waals surface area contributed by atoms with Crippen molar-refractivity contribution in [3.8, 4) is 6.07 Å². The van der Waals surface area contributed by atoms with E-state index in [0.29, 0.717) is 17.8 Å². The molecule has 0 fully saturated rings. The summed E-state index contributed by atoms with van der Waals surface area (Å²) in [4.78, 5) is 12.1. The number of hydrogen-bond donors (Lipinski definition) is 1. The molecule has 0 aliphatic heterocycles. The smallest absolute Gasteiger partial charge is 0.264 e. The summed E-state index contributed by atoms with van der Waals surface area (Å²) < 4.78 is 3.82. The summed E-state index contributed by atoms with van der Waals surface area (Å²) in [5.41, 5.74) is 0. The van der Waals surface area contributed by atoms with Crippen LogP contribution in [0, 0.1) is 11.3 Å². The Hall–Kier alpha value is -0.830.